The number of fused-ring (bicyclic) bond motifs is 1. The number of hydrogen-bond acceptors (Lipinski definition) is 5. The average molecular weight is 330 g/mol. The van der Waals surface area contributed by atoms with E-state index in [-0.39, 0.29) is 11.9 Å². The topological polar surface area (TPSA) is 63.7 Å². The van der Waals surface area contributed by atoms with Gasteiger partial charge in [0.05, 0.1) is 18.8 Å². The van der Waals surface area contributed by atoms with Gasteiger partial charge in [0.15, 0.2) is 0 Å². The lowest BCUT2D eigenvalue weighted by Gasteiger charge is -2.36. The Morgan fingerprint density at radius 3 is 3.00 bits per heavy atom. The van der Waals surface area contributed by atoms with E-state index < -0.39 is 0 Å². The van der Waals surface area contributed by atoms with Crippen LogP contribution in [0.5, 0.6) is 0 Å². The lowest BCUT2D eigenvalue weighted by atomic mass is 10.1. The Kier molecular flexibility index (Phi) is 4.12. The van der Waals surface area contributed by atoms with E-state index in [1.54, 1.807) is 6.20 Å². The minimum absolute atomic E-state index is 0.0139. The fraction of sp³-hybridized carbons (Fsp3) is 0.529. The van der Waals surface area contributed by atoms with Crippen LogP contribution in [0.1, 0.15) is 36.1 Å². The molecule has 7 nitrogen and oxygen atoms in total. The molecule has 0 aliphatic carbocycles. The molecule has 0 spiro atoms. The van der Waals surface area contributed by atoms with Gasteiger partial charge in [-0.2, -0.15) is 5.10 Å². The molecule has 1 atom stereocenters. The van der Waals surface area contributed by atoms with Gasteiger partial charge in [-0.1, -0.05) is 0 Å². The first-order chi connectivity index (χ1) is 11.7. The number of rotatable bonds is 3. The minimum atomic E-state index is -0.349. The van der Waals surface area contributed by atoms with Crippen molar-refractivity contribution in [2.24, 2.45) is 0 Å². The highest BCUT2D eigenvalue weighted by atomic mass is 16.7. The number of aromatic nitrogens is 2. The second-order valence-electron chi connectivity index (χ2n) is 6.45. The lowest BCUT2D eigenvalue weighted by Crippen LogP contribution is -2.47. The zero-order chi connectivity index (χ0) is 16.5. The van der Waals surface area contributed by atoms with Gasteiger partial charge in [-0.25, -0.2) is 5.06 Å². The summed E-state index contributed by atoms with van der Waals surface area (Å²) in [6.07, 6.45) is 3.75. The molecule has 2 aromatic rings. The summed E-state index contributed by atoms with van der Waals surface area (Å²) in [5, 5.41) is 5.88. The Morgan fingerprint density at radius 2 is 2.25 bits per heavy atom. The fourth-order valence-corrected chi connectivity index (χ4v) is 3.39. The molecule has 1 unspecified atom stereocenters. The van der Waals surface area contributed by atoms with Crippen LogP contribution in [-0.2, 0) is 22.7 Å². The van der Waals surface area contributed by atoms with Crippen LogP contribution >= 0.6 is 0 Å². The summed E-state index contributed by atoms with van der Waals surface area (Å²) < 4.78 is 7.52. The van der Waals surface area contributed by atoms with Gasteiger partial charge in [0, 0.05) is 25.8 Å². The zero-order valence-corrected chi connectivity index (χ0v) is 13.9. The zero-order valence-electron chi connectivity index (χ0n) is 13.9. The Balaban J connectivity index is 1.53. The number of aryl methyl sites for hydroxylation is 1. The highest BCUT2D eigenvalue weighted by Crippen LogP contribution is 2.25. The van der Waals surface area contributed by atoms with Gasteiger partial charge >= 0.3 is 0 Å². The highest BCUT2D eigenvalue weighted by molar-refractivity contribution is 5.80. The van der Waals surface area contributed by atoms with Crippen molar-refractivity contribution in [1.29, 1.82) is 0 Å². The summed E-state index contributed by atoms with van der Waals surface area (Å²) in [6, 6.07) is 5.58. The van der Waals surface area contributed by atoms with Crippen molar-refractivity contribution in [2.75, 3.05) is 19.7 Å². The smallest absolute Gasteiger partial charge is 0.272 e. The van der Waals surface area contributed by atoms with E-state index in [1.807, 2.05) is 29.8 Å². The molecule has 1 fully saturated rings. The minimum Gasteiger partial charge on any atom is -0.465 e. The van der Waals surface area contributed by atoms with E-state index in [0.717, 1.165) is 36.6 Å². The first kappa shape index (κ1) is 15.4. The third kappa shape index (κ3) is 2.97. The summed E-state index contributed by atoms with van der Waals surface area (Å²) in [5.41, 5.74) is 1.04. The first-order valence-corrected chi connectivity index (χ1v) is 8.45. The molecule has 0 radical (unpaired) electrons. The van der Waals surface area contributed by atoms with Crippen molar-refractivity contribution in [3.8, 4) is 0 Å². The normalized spacial score (nSPS) is 21.7. The third-order valence-electron chi connectivity index (χ3n) is 4.57. The van der Waals surface area contributed by atoms with Crippen LogP contribution in [0.3, 0.4) is 0 Å². The molecule has 0 N–H and O–H groups in total. The van der Waals surface area contributed by atoms with E-state index in [1.165, 1.54) is 5.06 Å². The Hall–Kier alpha value is -2.12. The number of furan rings is 1. The first-order valence-electron chi connectivity index (χ1n) is 8.45. The van der Waals surface area contributed by atoms with Gasteiger partial charge in [-0.3, -0.25) is 19.2 Å². The molecule has 7 heteroatoms. The van der Waals surface area contributed by atoms with E-state index >= 15 is 0 Å². The molecule has 2 aliphatic heterocycles. The van der Waals surface area contributed by atoms with Crippen LogP contribution in [0.2, 0.25) is 0 Å². The molecule has 0 bridgehead atoms. The van der Waals surface area contributed by atoms with Crippen LogP contribution in [0.4, 0.5) is 0 Å². The Labute approximate surface area is 140 Å². The van der Waals surface area contributed by atoms with Crippen molar-refractivity contribution in [1.82, 2.24) is 19.7 Å². The summed E-state index contributed by atoms with van der Waals surface area (Å²) >= 11 is 0. The van der Waals surface area contributed by atoms with Crippen LogP contribution in [0.25, 0.3) is 0 Å². The monoisotopic (exact) mass is 330 g/mol. The molecular weight excluding hydrogens is 308 g/mol. The summed E-state index contributed by atoms with van der Waals surface area (Å²) in [7, 11) is 0. The number of hydroxylamine groups is 2. The van der Waals surface area contributed by atoms with Gasteiger partial charge in [0.1, 0.15) is 17.6 Å². The predicted molar refractivity (Wildman–Crippen MR) is 85.7 cm³/mol. The largest absolute Gasteiger partial charge is 0.465 e. The maximum atomic E-state index is 12.9. The van der Waals surface area contributed by atoms with E-state index in [9.17, 15) is 4.79 Å². The molecular formula is C17H22N4O3. The number of nitrogens with zero attached hydrogens (tertiary/aromatic N) is 4. The fourth-order valence-electron chi connectivity index (χ4n) is 3.39. The number of hydrogen-bond donors (Lipinski definition) is 0. The molecule has 4 rings (SSSR count). The molecule has 2 aromatic heterocycles. The van der Waals surface area contributed by atoms with Crippen molar-refractivity contribution < 1.29 is 14.0 Å². The van der Waals surface area contributed by atoms with Crippen molar-refractivity contribution in [2.45, 2.75) is 38.9 Å². The van der Waals surface area contributed by atoms with Gasteiger partial charge in [-0.05, 0) is 38.0 Å². The number of carbonyl (C=O) groups excluding carboxylic acids is 1. The highest BCUT2D eigenvalue weighted by Gasteiger charge is 2.35. The van der Waals surface area contributed by atoms with Crippen molar-refractivity contribution >= 4 is 5.91 Å². The maximum Gasteiger partial charge on any atom is 0.272 e. The predicted octanol–water partition coefficient (Wildman–Crippen LogP) is 1.90. The van der Waals surface area contributed by atoms with Gasteiger partial charge < -0.3 is 4.42 Å². The second kappa shape index (κ2) is 6.41. The van der Waals surface area contributed by atoms with Crippen LogP contribution in [0, 0.1) is 6.92 Å². The molecule has 2 aliphatic rings. The third-order valence-corrected chi connectivity index (χ3v) is 4.57. The van der Waals surface area contributed by atoms with Crippen LogP contribution < -0.4 is 0 Å². The summed E-state index contributed by atoms with van der Waals surface area (Å²) in [6.45, 7) is 5.25. The Morgan fingerprint density at radius 1 is 1.33 bits per heavy atom. The van der Waals surface area contributed by atoms with Crippen molar-refractivity contribution in [3.05, 3.63) is 41.6 Å². The number of amides is 1. The molecule has 128 valence electrons. The molecule has 1 saturated heterocycles. The van der Waals surface area contributed by atoms with Gasteiger partial charge in [0.25, 0.3) is 5.91 Å². The molecule has 4 heterocycles. The molecule has 24 heavy (non-hydrogen) atoms. The van der Waals surface area contributed by atoms with Crippen molar-refractivity contribution in [3.63, 3.8) is 0 Å². The van der Waals surface area contributed by atoms with Crippen LogP contribution in [-0.4, -0.2) is 45.3 Å². The van der Waals surface area contributed by atoms with E-state index in [4.69, 9.17) is 9.25 Å². The second-order valence-corrected chi connectivity index (χ2v) is 6.45. The molecule has 0 saturated carbocycles. The van der Waals surface area contributed by atoms with E-state index in [0.29, 0.717) is 26.2 Å². The van der Waals surface area contributed by atoms with Gasteiger partial charge in [-0.15, -0.1) is 0 Å². The molecule has 0 aromatic carbocycles. The maximum absolute atomic E-state index is 12.9. The Bertz CT molecular complexity index is 717. The standard InChI is InChI=1S/C17H22N4O3/c1-13-4-5-15(24-13)11-19-10-14-6-7-18-21(14)16(12-19)17(22)20-8-2-3-9-23-20/h4-7,16H,2-3,8-12H2,1H3. The van der Waals surface area contributed by atoms with E-state index in [2.05, 4.69) is 10.00 Å². The summed E-state index contributed by atoms with van der Waals surface area (Å²) in [4.78, 5) is 20.7. The SMILES string of the molecule is Cc1ccc(CN2Cc3ccnn3C(C(=O)N3CCCCO3)C2)o1. The summed E-state index contributed by atoms with van der Waals surface area (Å²) in [5.74, 6) is 1.81. The number of carbonyl (C=O) groups is 1. The quantitative estimate of drug-likeness (QED) is 0.860. The average Bonchev–Trinajstić information content (AvgIpc) is 3.23. The molecule has 1 amide bonds. The van der Waals surface area contributed by atoms with Gasteiger partial charge in [0.2, 0.25) is 0 Å². The van der Waals surface area contributed by atoms with Crippen LogP contribution in [0.15, 0.2) is 28.8 Å². The lowest BCUT2D eigenvalue weighted by molar-refractivity contribution is -0.201.